The van der Waals surface area contributed by atoms with Gasteiger partial charge in [-0.1, -0.05) is 12.1 Å². The first kappa shape index (κ1) is 11.3. The molecule has 7 heteroatoms. The molecule has 16 heavy (non-hydrogen) atoms. The largest absolute Gasteiger partial charge is 0.416 e. The molecule has 1 heterocycles. The van der Waals surface area contributed by atoms with Crippen molar-refractivity contribution in [1.29, 1.82) is 0 Å². The maximum atomic E-state index is 12.4. The molecule has 0 radical (unpaired) electrons. The monoisotopic (exact) mass is 264 g/mol. The van der Waals surface area contributed by atoms with Gasteiger partial charge in [-0.25, -0.2) is 4.98 Å². The standard InChI is InChI=1S/C9H4ClF3N2S/c10-8-14-7(15-16-8)5-2-1-3-6(4-5)9(11,12)13/h1-4H. The smallest absolute Gasteiger partial charge is 0.203 e. The second kappa shape index (κ2) is 4.03. The molecule has 2 aromatic rings. The molecule has 0 aliphatic heterocycles. The van der Waals surface area contributed by atoms with Crippen LogP contribution in [-0.2, 0) is 6.18 Å². The molecule has 2 rings (SSSR count). The second-order valence-corrected chi connectivity index (χ2v) is 4.28. The number of aromatic nitrogens is 2. The molecule has 1 aromatic heterocycles. The molecule has 0 aliphatic rings. The zero-order valence-corrected chi connectivity index (χ0v) is 9.20. The summed E-state index contributed by atoms with van der Waals surface area (Å²) in [6, 6.07) is 4.82. The summed E-state index contributed by atoms with van der Waals surface area (Å²) in [4.78, 5) is 3.81. The molecule has 0 saturated heterocycles. The molecule has 0 spiro atoms. The number of hydrogen-bond donors (Lipinski definition) is 0. The second-order valence-electron chi connectivity index (χ2n) is 2.95. The maximum absolute atomic E-state index is 12.4. The van der Waals surface area contributed by atoms with Gasteiger partial charge < -0.3 is 0 Å². The highest BCUT2D eigenvalue weighted by Crippen LogP contribution is 2.31. The Bertz CT molecular complexity index is 509. The lowest BCUT2D eigenvalue weighted by Gasteiger charge is -2.06. The van der Waals surface area contributed by atoms with Gasteiger partial charge in [0.15, 0.2) is 5.82 Å². The topological polar surface area (TPSA) is 25.8 Å². The maximum Gasteiger partial charge on any atom is 0.416 e. The molecule has 84 valence electrons. The van der Waals surface area contributed by atoms with E-state index in [1.54, 1.807) is 0 Å². The van der Waals surface area contributed by atoms with E-state index < -0.39 is 11.7 Å². The fraction of sp³-hybridized carbons (Fsp3) is 0.111. The van der Waals surface area contributed by atoms with Gasteiger partial charge in [0.25, 0.3) is 0 Å². The predicted octanol–water partition coefficient (Wildman–Crippen LogP) is 3.88. The Hall–Kier alpha value is -1.14. The Morgan fingerprint density at radius 1 is 1.25 bits per heavy atom. The molecule has 2 nitrogen and oxygen atoms in total. The summed E-state index contributed by atoms with van der Waals surface area (Å²) in [5.74, 6) is 0.209. The van der Waals surface area contributed by atoms with Crippen LogP contribution in [0.25, 0.3) is 11.4 Å². The summed E-state index contributed by atoms with van der Waals surface area (Å²) in [6.45, 7) is 0. The van der Waals surface area contributed by atoms with Crippen LogP contribution in [0.5, 0.6) is 0 Å². The van der Waals surface area contributed by atoms with Gasteiger partial charge in [-0.05, 0) is 35.3 Å². The van der Waals surface area contributed by atoms with Gasteiger partial charge in [-0.15, -0.1) is 0 Å². The fourth-order valence-corrected chi connectivity index (χ4v) is 1.78. The molecule has 1 aromatic carbocycles. The van der Waals surface area contributed by atoms with E-state index in [2.05, 4.69) is 9.36 Å². The number of nitrogens with zero attached hydrogens (tertiary/aromatic N) is 2. The van der Waals surface area contributed by atoms with Crippen molar-refractivity contribution >= 4 is 23.1 Å². The van der Waals surface area contributed by atoms with Gasteiger partial charge in [-0.3, -0.25) is 0 Å². The minimum atomic E-state index is -4.37. The SMILES string of the molecule is FC(F)(F)c1cccc(-c2nsc(Cl)n2)c1. The number of benzene rings is 1. The first-order chi connectivity index (χ1) is 7.47. The number of hydrogen-bond acceptors (Lipinski definition) is 3. The molecule has 0 aliphatic carbocycles. The van der Waals surface area contributed by atoms with Crippen LogP contribution < -0.4 is 0 Å². The van der Waals surface area contributed by atoms with E-state index in [0.717, 1.165) is 23.7 Å². The van der Waals surface area contributed by atoms with Gasteiger partial charge in [-0.2, -0.15) is 17.5 Å². The molecule has 0 fully saturated rings. The summed E-state index contributed by atoms with van der Waals surface area (Å²) in [5, 5.41) is 0. The first-order valence-corrected chi connectivity index (χ1v) is 5.29. The zero-order chi connectivity index (χ0) is 11.8. The lowest BCUT2D eigenvalue weighted by molar-refractivity contribution is -0.137. The molecule has 0 amide bonds. The van der Waals surface area contributed by atoms with Crippen LogP contribution in [0.2, 0.25) is 4.47 Å². The van der Waals surface area contributed by atoms with Crippen molar-refractivity contribution in [1.82, 2.24) is 9.36 Å². The predicted molar refractivity (Wildman–Crippen MR) is 55.4 cm³/mol. The van der Waals surface area contributed by atoms with Gasteiger partial charge >= 0.3 is 6.18 Å². The van der Waals surface area contributed by atoms with E-state index in [-0.39, 0.29) is 10.3 Å². The average molecular weight is 265 g/mol. The Kier molecular flexibility index (Phi) is 2.86. The van der Waals surface area contributed by atoms with Crippen LogP contribution >= 0.6 is 23.1 Å². The van der Waals surface area contributed by atoms with E-state index >= 15 is 0 Å². The Morgan fingerprint density at radius 2 is 2.00 bits per heavy atom. The van der Waals surface area contributed by atoms with Gasteiger partial charge in [0.1, 0.15) is 0 Å². The number of rotatable bonds is 1. The van der Waals surface area contributed by atoms with Crippen LogP contribution in [0.4, 0.5) is 13.2 Å². The molecule has 0 atom stereocenters. The highest BCUT2D eigenvalue weighted by molar-refractivity contribution is 7.10. The van der Waals surface area contributed by atoms with E-state index in [1.807, 2.05) is 0 Å². The Balaban J connectivity index is 2.44. The lowest BCUT2D eigenvalue weighted by atomic mass is 10.1. The van der Waals surface area contributed by atoms with E-state index in [4.69, 9.17) is 11.6 Å². The third-order valence-electron chi connectivity index (χ3n) is 1.85. The van der Waals surface area contributed by atoms with Crippen molar-refractivity contribution in [2.75, 3.05) is 0 Å². The third kappa shape index (κ3) is 2.33. The number of alkyl halides is 3. The van der Waals surface area contributed by atoms with Gasteiger partial charge in [0.2, 0.25) is 4.47 Å². The quantitative estimate of drug-likeness (QED) is 0.781. The molecular weight excluding hydrogens is 261 g/mol. The minimum Gasteiger partial charge on any atom is -0.203 e. The molecule has 0 saturated carbocycles. The van der Waals surface area contributed by atoms with Crippen LogP contribution in [0.3, 0.4) is 0 Å². The molecular formula is C9H4ClF3N2S. The van der Waals surface area contributed by atoms with E-state index in [0.29, 0.717) is 5.56 Å². The van der Waals surface area contributed by atoms with Crippen LogP contribution in [0.1, 0.15) is 5.56 Å². The van der Waals surface area contributed by atoms with Crippen LogP contribution in [0, 0.1) is 0 Å². The van der Waals surface area contributed by atoms with Crippen molar-refractivity contribution in [3.05, 3.63) is 34.3 Å². The van der Waals surface area contributed by atoms with Crippen molar-refractivity contribution in [2.24, 2.45) is 0 Å². The average Bonchev–Trinajstić information content (AvgIpc) is 2.64. The normalized spacial score (nSPS) is 11.8. The van der Waals surface area contributed by atoms with Crippen molar-refractivity contribution in [3.63, 3.8) is 0 Å². The lowest BCUT2D eigenvalue weighted by Crippen LogP contribution is -2.04. The summed E-state index contributed by atoms with van der Waals surface area (Å²) < 4.78 is 41.3. The minimum absolute atomic E-state index is 0.201. The van der Waals surface area contributed by atoms with Crippen LogP contribution in [0.15, 0.2) is 24.3 Å². The van der Waals surface area contributed by atoms with Crippen LogP contribution in [-0.4, -0.2) is 9.36 Å². The van der Waals surface area contributed by atoms with Gasteiger partial charge in [0.05, 0.1) is 5.56 Å². The van der Waals surface area contributed by atoms with E-state index in [9.17, 15) is 13.2 Å². The Morgan fingerprint density at radius 3 is 2.56 bits per heavy atom. The third-order valence-corrected chi connectivity index (χ3v) is 2.65. The molecule has 0 unspecified atom stereocenters. The zero-order valence-electron chi connectivity index (χ0n) is 7.62. The van der Waals surface area contributed by atoms with E-state index in [1.165, 1.54) is 12.1 Å². The van der Waals surface area contributed by atoms with Crippen molar-refractivity contribution in [2.45, 2.75) is 6.18 Å². The highest BCUT2D eigenvalue weighted by Gasteiger charge is 2.30. The highest BCUT2D eigenvalue weighted by atomic mass is 35.5. The number of halogens is 4. The fourth-order valence-electron chi connectivity index (χ4n) is 1.16. The summed E-state index contributed by atoms with van der Waals surface area (Å²) in [7, 11) is 0. The molecule has 0 N–H and O–H groups in total. The summed E-state index contributed by atoms with van der Waals surface area (Å²) in [5.41, 5.74) is -0.422. The van der Waals surface area contributed by atoms with Crippen molar-refractivity contribution < 1.29 is 13.2 Å². The summed E-state index contributed by atoms with van der Waals surface area (Å²) in [6.07, 6.45) is -4.37. The molecule has 0 bridgehead atoms. The first-order valence-electron chi connectivity index (χ1n) is 4.13. The summed E-state index contributed by atoms with van der Waals surface area (Å²) >= 11 is 6.50. The van der Waals surface area contributed by atoms with Crippen molar-refractivity contribution in [3.8, 4) is 11.4 Å². The Labute approximate surface area is 97.9 Å². The van der Waals surface area contributed by atoms with Gasteiger partial charge in [0, 0.05) is 5.56 Å².